The highest BCUT2D eigenvalue weighted by Gasteiger charge is 2.09. The highest BCUT2D eigenvalue weighted by Crippen LogP contribution is 2.10. The van der Waals surface area contributed by atoms with E-state index in [4.69, 9.17) is 0 Å². The molecule has 0 saturated carbocycles. The van der Waals surface area contributed by atoms with Crippen LogP contribution in [0.25, 0.3) is 0 Å². The van der Waals surface area contributed by atoms with Gasteiger partial charge in [-0.15, -0.1) is 0 Å². The lowest BCUT2D eigenvalue weighted by atomic mass is 10.0. The minimum absolute atomic E-state index is 0.0842. The van der Waals surface area contributed by atoms with E-state index in [1.54, 1.807) is 6.92 Å². The van der Waals surface area contributed by atoms with E-state index in [-0.39, 0.29) is 18.2 Å². The van der Waals surface area contributed by atoms with Crippen molar-refractivity contribution in [1.82, 2.24) is 0 Å². The van der Waals surface area contributed by atoms with Crippen LogP contribution in [0.3, 0.4) is 0 Å². The zero-order valence-electron chi connectivity index (χ0n) is 10.9. The van der Waals surface area contributed by atoms with E-state index in [2.05, 4.69) is 4.74 Å². The number of aliphatic hydroxyl groups excluding tert-OH is 1. The monoisotopic (exact) mass is 244 g/mol. The molecule has 0 amide bonds. The summed E-state index contributed by atoms with van der Waals surface area (Å²) in [5, 5.41) is 9.48. The molecule has 0 bridgehead atoms. The van der Waals surface area contributed by atoms with Crippen molar-refractivity contribution in [3.05, 3.63) is 0 Å². The molecule has 17 heavy (non-hydrogen) atoms. The third kappa shape index (κ3) is 11.4. The summed E-state index contributed by atoms with van der Waals surface area (Å²) in [6.07, 6.45) is 5.87. The SMILES string of the molecule is COC(=O)CC(O)CCCCCCCC(C)=O. The second kappa shape index (κ2) is 10.3. The van der Waals surface area contributed by atoms with Crippen LogP contribution in [0.5, 0.6) is 0 Å². The first-order valence-electron chi connectivity index (χ1n) is 6.30. The number of rotatable bonds is 10. The Morgan fingerprint density at radius 1 is 1.12 bits per heavy atom. The Balaban J connectivity index is 3.27. The van der Waals surface area contributed by atoms with Gasteiger partial charge in [0.2, 0.25) is 0 Å². The molecule has 0 aromatic heterocycles. The fraction of sp³-hybridized carbons (Fsp3) is 0.846. The summed E-state index contributed by atoms with van der Waals surface area (Å²) >= 11 is 0. The predicted molar refractivity (Wildman–Crippen MR) is 65.6 cm³/mol. The summed E-state index contributed by atoms with van der Waals surface area (Å²) in [6.45, 7) is 1.61. The van der Waals surface area contributed by atoms with Gasteiger partial charge < -0.3 is 14.6 Å². The van der Waals surface area contributed by atoms with Crippen molar-refractivity contribution >= 4 is 11.8 Å². The summed E-state index contributed by atoms with van der Waals surface area (Å²) in [6, 6.07) is 0. The molecule has 100 valence electrons. The van der Waals surface area contributed by atoms with Crippen LogP contribution in [0.15, 0.2) is 0 Å². The van der Waals surface area contributed by atoms with E-state index in [1.807, 2.05) is 0 Å². The molecule has 0 aliphatic carbocycles. The summed E-state index contributed by atoms with van der Waals surface area (Å²) < 4.78 is 4.47. The molecule has 1 atom stereocenters. The number of hydrogen-bond acceptors (Lipinski definition) is 4. The number of carbonyl (C=O) groups is 2. The van der Waals surface area contributed by atoms with E-state index >= 15 is 0 Å². The molecule has 4 nitrogen and oxygen atoms in total. The van der Waals surface area contributed by atoms with Crippen LogP contribution >= 0.6 is 0 Å². The maximum Gasteiger partial charge on any atom is 0.308 e. The van der Waals surface area contributed by atoms with Gasteiger partial charge in [0.05, 0.1) is 19.6 Å². The Kier molecular flexibility index (Phi) is 9.72. The molecule has 0 aliphatic rings. The average molecular weight is 244 g/mol. The minimum Gasteiger partial charge on any atom is -0.469 e. The zero-order valence-corrected chi connectivity index (χ0v) is 10.9. The molecular formula is C13H24O4. The minimum atomic E-state index is -0.584. The predicted octanol–water partition coefficient (Wildman–Crippen LogP) is 2.23. The van der Waals surface area contributed by atoms with Crippen molar-refractivity contribution in [2.24, 2.45) is 0 Å². The van der Waals surface area contributed by atoms with Crippen LogP contribution in [0.4, 0.5) is 0 Å². The smallest absolute Gasteiger partial charge is 0.308 e. The topological polar surface area (TPSA) is 63.6 Å². The van der Waals surface area contributed by atoms with Crippen LogP contribution in [0.2, 0.25) is 0 Å². The van der Waals surface area contributed by atoms with Gasteiger partial charge >= 0.3 is 5.97 Å². The van der Waals surface area contributed by atoms with E-state index in [1.165, 1.54) is 7.11 Å². The number of hydrogen-bond donors (Lipinski definition) is 1. The first-order valence-corrected chi connectivity index (χ1v) is 6.30. The number of unbranched alkanes of at least 4 members (excludes halogenated alkanes) is 4. The maximum absolute atomic E-state index is 10.8. The van der Waals surface area contributed by atoms with Gasteiger partial charge in [0, 0.05) is 6.42 Å². The average Bonchev–Trinajstić information content (AvgIpc) is 2.27. The largest absolute Gasteiger partial charge is 0.469 e. The van der Waals surface area contributed by atoms with Gasteiger partial charge in [-0.05, 0) is 19.8 Å². The molecule has 0 aliphatic heterocycles. The first-order chi connectivity index (χ1) is 8.06. The summed E-state index contributed by atoms with van der Waals surface area (Å²) in [5.41, 5.74) is 0. The van der Waals surface area contributed by atoms with Crippen LogP contribution in [0.1, 0.15) is 58.3 Å². The molecule has 0 heterocycles. The molecule has 0 spiro atoms. The number of ketones is 1. The lowest BCUT2D eigenvalue weighted by Gasteiger charge is -2.08. The Labute approximate surface area is 103 Å². The third-order valence-electron chi connectivity index (χ3n) is 2.70. The standard InChI is InChI=1S/C13H24O4/c1-11(14)8-6-4-3-5-7-9-12(15)10-13(16)17-2/h12,15H,3-10H2,1-2H3. The van der Waals surface area contributed by atoms with Crippen molar-refractivity contribution in [2.75, 3.05) is 7.11 Å². The summed E-state index contributed by atoms with van der Waals surface area (Å²) in [7, 11) is 1.32. The van der Waals surface area contributed by atoms with Crippen LogP contribution in [-0.2, 0) is 14.3 Å². The summed E-state index contributed by atoms with van der Waals surface area (Å²) in [4.78, 5) is 21.5. The molecule has 0 radical (unpaired) electrons. The molecule has 0 aromatic carbocycles. The summed E-state index contributed by atoms with van der Waals surface area (Å²) in [5.74, 6) is -0.113. The van der Waals surface area contributed by atoms with Crippen LogP contribution in [-0.4, -0.2) is 30.1 Å². The first kappa shape index (κ1) is 16.1. The number of Topliss-reactive ketones (excluding diaryl/α,β-unsaturated/α-hetero) is 1. The normalized spacial score (nSPS) is 12.2. The Bertz CT molecular complexity index is 225. The Hall–Kier alpha value is -0.900. The molecule has 0 aromatic rings. The second-order valence-corrected chi connectivity index (χ2v) is 4.44. The van der Waals surface area contributed by atoms with Crippen LogP contribution < -0.4 is 0 Å². The van der Waals surface area contributed by atoms with E-state index < -0.39 is 6.10 Å². The van der Waals surface area contributed by atoms with Gasteiger partial charge in [0.15, 0.2) is 0 Å². The molecule has 0 rings (SSSR count). The number of aliphatic hydroxyl groups is 1. The van der Waals surface area contributed by atoms with Crippen molar-refractivity contribution in [3.8, 4) is 0 Å². The van der Waals surface area contributed by atoms with Gasteiger partial charge in [0.1, 0.15) is 5.78 Å². The lowest BCUT2D eigenvalue weighted by Crippen LogP contribution is -2.14. The van der Waals surface area contributed by atoms with Gasteiger partial charge in [-0.25, -0.2) is 0 Å². The fourth-order valence-corrected chi connectivity index (χ4v) is 1.66. The number of ether oxygens (including phenoxy) is 1. The van der Waals surface area contributed by atoms with Gasteiger partial charge in [-0.3, -0.25) is 4.79 Å². The van der Waals surface area contributed by atoms with E-state index in [0.717, 1.165) is 32.1 Å². The molecule has 1 N–H and O–H groups in total. The van der Waals surface area contributed by atoms with Gasteiger partial charge in [-0.1, -0.05) is 25.7 Å². The maximum atomic E-state index is 10.8. The van der Waals surface area contributed by atoms with Crippen molar-refractivity contribution < 1.29 is 19.4 Å². The highest BCUT2D eigenvalue weighted by atomic mass is 16.5. The van der Waals surface area contributed by atoms with Crippen molar-refractivity contribution in [1.29, 1.82) is 0 Å². The molecular weight excluding hydrogens is 220 g/mol. The lowest BCUT2D eigenvalue weighted by molar-refractivity contribution is -0.142. The van der Waals surface area contributed by atoms with Gasteiger partial charge in [0.25, 0.3) is 0 Å². The van der Waals surface area contributed by atoms with E-state index in [9.17, 15) is 14.7 Å². The second-order valence-electron chi connectivity index (χ2n) is 4.44. The zero-order chi connectivity index (χ0) is 13.1. The van der Waals surface area contributed by atoms with E-state index in [0.29, 0.717) is 12.8 Å². The van der Waals surface area contributed by atoms with Crippen LogP contribution in [0, 0.1) is 0 Å². The van der Waals surface area contributed by atoms with Gasteiger partial charge in [-0.2, -0.15) is 0 Å². The molecule has 4 heteroatoms. The highest BCUT2D eigenvalue weighted by molar-refractivity contribution is 5.75. The third-order valence-corrected chi connectivity index (χ3v) is 2.70. The fourth-order valence-electron chi connectivity index (χ4n) is 1.66. The van der Waals surface area contributed by atoms with Crippen molar-refractivity contribution in [2.45, 2.75) is 64.4 Å². The Morgan fingerprint density at radius 2 is 1.71 bits per heavy atom. The number of methoxy groups -OCH3 is 1. The number of esters is 1. The number of carbonyl (C=O) groups excluding carboxylic acids is 2. The molecule has 0 fully saturated rings. The van der Waals surface area contributed by atoms with Crippen molar-refractivity contribution in [3.63, 3.8) is 0 Å². The molecule has 1 unspecified atom stereocenters. The Morgan fingerprint density at radius 3 is 2.29 bits per heavy atom. The molecule has 0 saturated heterocycles. The quantitative estimate of drug-likeness (QED) is 0.473.